The van der Waals surface area contributed by atoms with Crippen LogP contribution in [0, 0.1) is 23.2 Å². The van der Waals surface area contributed by atoms with E-state index in [-0.39, 0.29) is 11.3 Å². The Labute approximate surface area is 186 Å². The number of carbonyl (C=O) groups excluding carboxylic acids is 1. The number of fused-ring (bicyclic) bond motifs is 1. The lowest BCUT2D eigenvalue weighted by molar-refractivity contribution is -0.164. The Kier molecular flexibility index (Phi) is 7.19. The summed E-state index contributed by atoms with van der Waals surface area (Å²) in [6.07, 6.45) is 9.82. The van der Waals surface area contributed by atoms with E-state index in [4.69, 9.17) is 4.74 Å². The van der Waals surface area contributed by atoms with Crippen molar-refractivity contribution in [1.82, 2.24) is 0 Å². The van der Waals surface area contributed by atoms with Crippen LogP contribution < -0.4 is 0 Å². The van der Waals surface area contributed by atoms with Crippen molar-refractivity contribution in [3.63, 3.8) is 0 Å². The van der Waals surface area contributed by atoms with E-state index in [0.29, 0.717) is 36.9 Å². The third-order valence-electron chi connectivity index (χ3n) is 8.00. The van der Waals surface area contributed by atoms with Gasteiger partial charge < -0.3 is 20.1 Å². The van der Waals surface area contributed by atoms with Gasteiger partial charge in [-0.05, 0) is 87.5 Å². The molecule has 3 rings (SSSR count). The number of ether oxygens (including phenoxy) is 1. The second-order valence-electron chi connectivity index (χ2n) is 10.8. The predicted molar refractivity (Wildman–Crippen MR) is 121 cm³/mol. The third-order valence-corrected chi connectivity index (χ3v) is 8.00. The summed E-state index contributed by atoms with van der Waals surface area (Å²) < 4.78 is 5.42. The molecule has 0 aromatic heterocycles. The van der Waals surface area contributed by atoms with Crippen molar-refractivity contribution >= 4 is 5.97 Å². The van der Waals surface area contributed by atoms with Crippen LogP contribution in [-0.2, 0) is 9.53 Å². The first-order chi connectivity index (χ1) is 14.4. The normalized spacial score (nSPS) is 37.7. The number of carbonyl (C=O) groups is 1. The molecular formula is C26H40O5. The monoisotopic (exact) mass is 432 g/mol. The van der Waals surface area contributed by atoms with E-state index < -0.39 is 23.8 Å². The van der Waals surface area contributed by atoms with Gasteiger partial charge in [0.1, 0.15) is 0 Å². The Morgan fingerprint density at radius 3 is 2.52 bits per heavy atom. The van der Waals surface area contributed by atoms with Crippen molar-refractivity contribution in [1.29, 1.82) is 0 Å². The molecule has 3 saturated carbocycles. The molecule has 0 bridgehead atoms. The van der Waals surface area contributed by atoms with Gasteiger partial charge in [0.25, 0.3) is 0 Å². The highest BCUT2D eigenvalue weighted by atomic mass is 16.5. The van der Waals surface area contributed by atoms with E-state index in [1.54, 1.807) is 0 Å². The smallest absolute Gasteiger partial charge is 0.337 e. The van der Waals surface area contributed by atoms with Gasteiger partial charge in [-0.15, -0.1) is 0 Å². The Morgan fingerprint density at radius 2 is 1.90 bits per heavy atom. The van der Waals surface area contributed by atoms with E-state index in [2.05, 4.69) is 32.6 Å². The number of hydrogen-bond acceptors (Lipinski definition) is 5. The van der Waals surface area contributed by atoms with Gasteiger partial charge in [0.05, 0.1) is 18.8 Å². The summed E-state index contributed by atoms with van der Waals surface area (Å²) in [5.74, 6) is 0.678. The first kappa shape index (κ1) is 24.2. The molecule has 5 nitrogen and oxygen atoms in total. The van der Waals surface area contributed by atoms with E-state index in [1.165, 1.54) is 25.8 Å². The molecule has 0 spiro atoms. The molecule has 0 aromatic carbocycles. The summed E-state index contributed by atoms with van der Waals surface area (Å²) in [6, 6.07) is 0. The maximum absolute atomic E-state index is 12.0. The van der Waals surface area contributed by atoms with Crippen LogP contribution in [0.4, 0.5) is 0 Å². The first-order valence-corrected chi connectivity index (χ1v) is 11.8. The number of aliphatic hydroxyl groups excluding tert-OH is 2. The molecule has 0 saturated heterocycles. The van der Waals surface area contributed by atoms with Crippen LogP contribution in [0.25, 0.3) is 0 Å². The average Bonchev–Trinajstić information content (AvgIpc) is 3.05. The van der Waals surface area contributed by atoms with Crippen LogP contribution in [-0.4, -0.2) is 45.7 Å². The number of allylic oxidation sites excluding steroid dienone is 3. The summed E-state index contributed by atoms with van der Waals surface area (Å²) >= 11 is 0. The Hall–Kier alpha value is -1.43. The molecule has 174 valence electrons. The van der Waals surface area contributed by atoms with E-state index >= 15 is 0 Å². The summed E-state index contributed by atoms with van der Waals surface area (Å²) in [5, 5.41) is 30.0. The van der Waals surface area contributed by atoms with Crippen molar-refractivity contribution in [2.45, 2.75) is 90.4 Å². The summed E-state index contributed by atoms with van der Waals surface area (Å²) in [5.41, 5.74) is 1.80. The van der Waals surface area contributed by atoms with Gasteiger partial charge >= 0.3 is 5.97 Å². The van der Waals surface area contributed by atoms with Crippen LogP contribution in [0.15, 0.2) is 35.5 Å². The Morgan fingerprint density at radius 1 is 1.26 bits per heavy atom. The molecule has 3 fully saturated rings. The van der Waals surface area contributed by atoms with Gasteiger partial charge in [-0.2, -0.15) is 0 Å². The highest BCUT2D eigenvalue weighted by Gasteiger charge is 2.50. The SMILES string of the molecule is C=C1C(O)CC(=C/C=C2\CCC[C@]3(C)[C@@H]([C@H](C)COC(=O)C(C)(C)O)CC[C@@H]23)C[C@H]1O. The van der Waals surface area contributed by atoms with Gasteiger partial charge in [0.15, 0.2) is 5.60 Å². The predicted octanol–water partition coefficient (Wildman–Crippen LogP) is 4.08. The molecule has 5 heteroatoms. The van der Waals surface area contributed by atoms with Crippen molar-refractivity contribution in [2.24, 2.45) is 23.2 Å². The first-order valence-electron chi connectivity index (χ1n) is 11.8. The molecule has 0 heterocycles. The maximum atomic E-state index is 12.0. The lowest BCUT2D eigenvalue weighted by Gasteiger charge is -2.44. The molecule has 1 unspecified atom stereocenters. The number of rotatable bonds is 5. The van der Waals surface area contributed by atoms with Gasteiger partial charge in [-0.1, -0.05) is 43.7 Å². The number of hydrogen-bond donors (Lipinski definition) is 3. The highest BCUT2D eigenvalue weighted by Crippen LogP contribution is 2.59. The molecule has 31 heavy (non-hydrogen) atoms. The van der Waals surface area contributed by atoms with Crippen LogP contribution in [0.3, 0.4) is 0 Å². The molecule has 3 aliphatic rings. The van der Waals surface area contributed by atoms with Gasteiger partial charge in [-0.25, -0.2) is 4.79 Å². The van der Waals surface area contributed by atoms with Crippen molar-refractivity contribution in [3.8, 4) is 0 Å². The molecule has 0 amide bonds. The number of esters is 1. The molecule has 0 aromatic rings. The van der Waals surface area contributed by atoms with Gasteiger partial charge in [0.2, 0.25) is 0 Å². The number of aliphatic hydroxyl groups is 3. The minimum atomic E-state index is -1.46. The van der Waals surface area contributed by atoms with Crippen LogP contribution in [0.2, 0.25) is 0 Å². The van der Waals surface area contributed by atoms with Crippen molar-refractivity contribution in [2.75, 3.05) is 6.61 Å². The molecule has 6 atom stereocenters. The lowest BCUT2D eigenvalue weighted by atomic mass is 9.61. The summed E-state index contributed by atoms with van der Waals surface area (Å²) in [6.45, 7) is 11.6. The van der Waals surface area contributed by atoms with Crippen LogP contribution >= 0.6 is 0 Å². The van der Waals surface area contributed by atoms with E-state index in [9.17, 15) is 20.1 Å². The topological polar surface area (TPSA) is 87.0 Å². The van der Waals surface area contributed by atoms with Gasteiger partial charge in [-0.3, -0.25) is 0 Å². The molecular weight excluding hydrogens is 392 g/mol. The zero-order valence-electron chi connectivity index (χ0n) is 19.6. The van der Waals surface area contributed by atoms with Gasteiger partial charge in [0, 0.05) is 0 Å². The molecule has 3 N–H and O–H groups in total. The minimum Gasteiger partial charge on any atom is -0.463 e. The largest absolute Gasteiger partial charge is 0.463 e. The lowest BCUT2D eigenvalue weighted by Crippen LogP contribution is -2.39. The zero-order valence-corrected chi connectivity index (χ0v) is 19.6. The van der Waals surface area contributed by atoms with Crippen molar-refractivity contribution in [3.05, 3.63) is 35.5 Å². The van der Waals surface area contributed by atoms with E-state index in [1.807, 2.05) is 0 Å². The maximum Gasteiger partial charge on any atom is 0.337 e. The zero-order chi connectivity index (χ0) is 23.0. The Bertz CT molecular complexity index is 742. The summed E-state index contributed by atoms with van der Waals surface area (Å²) in [7, 11) is 0. The average molecular weight is 433 g/mol. The van der Waals surface area contributed by atoms with Crippen LogP contribution in [0.1, 0.15) is 72.6 Å². The standard InChI is InChI=1S/C26H40O5/c1-16(15-31-24(29)25(3,4)30)20-10-11-21-19(7-6-12-26(20,21)5)9-8-18-13-22(27)17(2)23(28)14-18/h8-9,16,20-23,27-28,30H,2,6-7,10-15H2,1,3-5H3/b18-8?,19-9+/t16-,20-,21+,22-,23?,26-/m1/s1. The van der Waals surface area contributed by atoms with Crippen LogP contribution in [0.5, 0.6) is 0 Å². The second kappa shape index (κ2) is 9.21. The molecule has 3 aliphatic carbocycles. The molecule has 0 aliphatic heterocycles. The van der Waals surface area contributed by atoms with E-state index in [0.717, 1.165) is 31.3 Å². The van der Waals surface area contributed by atoms with Crippen molar-refractivity contribution < 1.29 is 24.9 Å². The third kappa shape index (κ3) is 5.15. The minimum absolute atomic E-state index is 0.184. The quantitative estimate of drug-likeness (QED) is 0.450. The highest BCUT2D eigenvalue weighted by molar-refractivity contribution is 5.78. The Balaban J connectivity index is 1.69. The summed E-state index contributed by atoms with van der Waals surface area (Å²) in [4.78, 5) is 12.0. The molecule has 0 radical (unpaired) electrons. The fourth-order valence-electron chi connectivity index (χ4n) is 6.14. The second-order valence-corrected chi connectivity index (χ2v) is 10.8. The fraction of sp³-hybridized carbons (Fsp3) is 0.731. The fourth-order valence-corrected chi connectivity index (χ4v) is 6.14.